The number of ether oxygens (including phenoxy) is 2. The Bertz CT molecular complexity index is 673. The maximum atomic E-state index is 5.14. The molecule has 0 radical (unpaired) electrons. The lowest BCUT2D eigenvalue weighted by molar-refractivity contribution is 0.337. The van der Waals surface area contributed by atoms with Crippen LogP contribution in [0, 0.1) is 11.8 Å². The number of methoxy groups -OCH3 is 2. The van der Waals surface area contributed by atoms with E-state index in [-0.39, 0.29) is 0 Å². The normalized spacial score (nSPS) is 10.1. The molecule has 0 aliphatic rings. The molecule has 2 heteroatoms. The fourth-order valence-corrected chi connectivity index (χ4v) is 2.12. The molecule has 2 aromatic rings. The molecule has 2 aromatic carbocycles. The van der Waals surface area contributed by atoms with Crippen LogP contribution in [0.2, 0.25) is 0 Å². The van der Waals surface area contributed by atoms with Gasteiger partial charge in [-0.25, -0.2) is 0 Å². The van der Waals surface area contributed by atoms with Crippen LogP contribution >= 0.6 is 0 Å². The second-order valence-corrected chi connectivity index (χ2v) is 4.79. The quantitative estimate of drug-likeness (QED) is 0.613. The number of hydrogen-bond acceptors (Lipinski definition) is 2. The first-order chi connectivity index (χ1) is 10.8. The van der Waals surface area contributed by atoms with Crippen molar-refractivity contribution < 1.29 is 9.47 Å². The number of allylic oxidation sites excluding steroid dienone is 1. The molecule has 0 saturated carbocycles. The lowest BCUT2D eigenvalue weighted by atomic mass is 10.0. The lowest BCUT2D eigenvalue weighted by Crippen LogP contribution is -1.91. The van der Waals surface area contributed by atoms with Gasteiger partial charge in [0.25, 0.3) is 0 Å². The summed E-state index contributed by atoms with van der Waals surface area (Å²) in [6, 6.07) is 16.1. The summed E-state index contributed by atoms with van der Waals surface area (Å²) in [4.78, 5) is 0. The summed E-state index contributed by atoms with van der Waals surface area (Å²) in [5.41, 5.74) is 3.53. The zero-order chi connectivity index (χ0) is 15.6. The second kappa shape index (κ2) is 8.59. The maximum Gasteiger partial charge on any atom is 0.118 e. The summed E-state index contributed by atoms with van der Waals surface area (Å²) in [7, 11) is 3.32. The molecule has 0 aliphatic heterocycles. The third-order valence-electron chi connectivity index (χ3n) is 3.29. The standard InChI is InChI=1S/C20H20O2/c1-21-16-6-11-19-9-4-3-8-18(19)10-5-7-17-12-14-20(22-2)15-13-17/h3-4,6,8-9,12-16H,10-11H2,1-2H3. The van der Waals surface area contributed by atoms with Gasteiger partial charge in [0.1, 0.15) is 5.75 Å². The molecule has 0 saturated heterocycles. The van der Waals surface area contributed by atoms with Crippen LogP contribution in [0.1, 0.15) is 16.7 Å². The summed E-state index contributed by atoms with van der Waals surface area (Å²) in [5.74, 6) is 7.28. The molecule has 0 aliphatic carbocycles. The third kappa shape index (κ3) is 4.71. The number of rotatable bonds is 5. The Morgan fingerprint density at radius 1 is 0.955 bits per heavy atom. The van der Waals surface area contributed by atoms with Crippen molar-refractivity contribution in [1.29, 1.82) is 0 Å². The minimum Gasteiger partial charge on any atom is -0.505 e. The average Bonchev–Trinajstić information content (AvgIpc) is 2.57. The van der Waals surface area contributed by atoms with E-state index in [1.165, 1.54) is 11.1 Å². The molecule has 22 heavy (non-hydrogen) atoms. The summed E-state index contributed by atoms with van der Waals surface area (Å²) in [5, 5.41) is 0. The zero-order valence-corrected chi connectivity index (χ0v) is 13.0. The Kier molecular flexibility index (Phi) is 6.14. The van der Waals surface area contributed by atoms with Gasteiger partial charge in [0, 0.05) is 12.0 Å². The topological polar surface area (TPSA) is 18.5 Å². The van der Waals surface area contributed by atoms with E-state index in [0.717, 1.165) is 24.2 Å². The number of benzene rings is 2. The van der Waals surface area contributed by atoms with E-state index in [2.05, 4.69) is 30.0 Å². The third-order valence-corrected chi connectivity index (χ3v) is 3.29. The molecule has 2 rings (SSSR count). The molecule has 0 heterocycles. The molecule has 0 unspecified atom stereocenters. The van der Waals surface area contributed by atoms with Gasteiger partial charge in [-0.05, 0) is 47.9 Å². The van der Waals surface area contributed by atoms with Crippen LogP contribution in [0.4, 0.5) is 0 Å². The molecule has 0 N–H and O–H groups in total. The summed E-state index contributed by atoms with van der Waals surface area (Å²) < 4.78 is 10.1. The van der Waals surface area contributed by atoms with Crippen LogP contribution in [0.25, 0.3) is 0 Å². The minimum atomic E-state index is 0.739. The summed E-state index contributed by atoms with van der Waals surface area (Å²) in [6.07, 6.45) is 5.31. The Labute approximate surface area is 132 Å². The summed E-state index contributed by atoms with van der Waals surface area (Å²) in [6.45, 7) is 0. The van der Waals surface area contributed by atoms with E-state index in [0.29, 0.717) is 0 Å². The molecule has 0 spiro atoms. The van der Waals surface area contributed by atoms with Crippen molar-refractivity contribution in [2.75, 3.05) is 14.2 Å². The largest absolute Gasteiger partial charge is 0.505 e. The number of hydrogen-bond donors (Lipinski definition) is 0. The van der Waals surface area contributed by atoms with E-state index in [4.69, 9.17) is 9.47 Å². The monoisotopic (exact) mass is 292 g/mol. The van der Waals surface area contributed by atoms with Crippen molar-refractivity contribution >= 4 is 0 Å². The van der Waals surface area contributed by atoms with Crippen LogP contribution in [0.5, 0.6) is 5.75 Å². The van der Waals surface area contributed by atoms with E-state index in [9.17, 15) is 0 Å². The Hall–Kier alpha value is -2.66. The van der Waals surface area contributed by atoms with Crippen molar-refractivity contribution in [3.63, 3.8) is 0 Å². The van der Waals surface area contributed by atoms with Gasteiger partial charge in [-0.15, -0.1) is 0 Å². The van der Waals surface area contributed by atoms with Crippen LogP contribution in [0.3, 0.4) is 0 Å². The molecule has 0 amide bonds. The SMILES string of the molecule is COC=CCc1ccccc1CC#Cc1ccc(OC)cc1. The molecule has 0 aromatic heterocycles. The Morgan fingerprint density at radius 2 is 1.68 bits per heavy atom. The van der Waals surface area contributed by atoms with Gasteiger partial charge in [0.15, 0.2) is 0 Å². The van der Waals surface area contributed by atoms with Crippen molar-refractivity contribution in [2.45, 2.75) is 12.8 Å². The maximum absolute atomic E-state index is 5.14. The lowest BCUT2D eigenvalue weighted by Gasteiger charge is -2.03. The molecule has 112 valence electrons. The van der Waals surface area contributed by atoms with Crippen molar-refractivity contribution in [3.05, 3.63) is 77.6 Å². The van der Waals surface area contributed by atoms with Gasteiger partial charge < -0.3 is 9.47 Å². The van der Waals surface area contributed by atoms with Crippen LogP contribution in [-0.4, -0.2) is 14.2 Å². The first-order valence-electron chi connectivity index (χ1n) is 7.21. The fourth-order valence-electron chi connectivity index (χ4n) is 2.12. The van der Waals surface area contributed by atoms with E-state index >= 15 is 0 Å². The van der Waals surface area contributed by atoms with E-state index in [1.807, 2.05) is 36.4 Å². The fraction of sp³-hybridized carbons (Fsp3) is 0.200. The average molecular weight is 292 g/mol. The highest BCUT2D eigenvalue weighted by Gasteiger charge is 1.98. The molecular weight excluding hydrogens is 272 g/mol. The first kappa shape index (κ1) is 15.7. The molecule has 0 fully saturated rings. The Morgan fingerprint density at radius 3 is 2.36 bits per heavy atom. The van der Waals surface area contributed by atoms with E-state index < -0.39 is 0 Å². The highest BCUT2D eigenvalue weighted by molar-refractivity contribution is 5.40. The van der Waals surface area contributed by atoms with Crippen LogP contribution in [-0.2, 0) is 17.6 Å². The molecule has 0 bridgehead atoms. The molecule has 0 atom stereocenters. The predicted octanol–water partition coefficient (Wildman–Crippen LogP) is 3.99. The van der Waals surface area contributed by atoms with Gasteiger partial charge in [0.2, 0.25) is 0 Å². The van der Waals surface area contributed by atoms with Gasteiger partial charge in [-0.2, -0.15) is 0 Å². The van der Waals surface area contributed by atoms with Crippen LogP contribution in [0.15, 0.2) is 60.9 Å². The van der Waals surface area contributed by atoms with Crippen molar-refractivity contribution in [3.8, 4) is 17.6 Å². The highest BCUT2D eigenvalue weighted by Crippen LogP contribution is 2.12. The van der Waals surface area contributed by atoms with Gasteiger partial charge in [-0.3, -0.25) is 0 Å². The van der Waals surface area contributed by atoms with Gasteiger partial charge in [-0.1, -0.05) is 36.1 Å². The first-order valence-corrected chi connectivity index (χ1v) is 7.21. The highest BCUT2D eigenvalue weighted by atomic mass is 16.5. The van der Waals surface area contributed by atoms with Crippen LogP contribution < -0.4 is 4.74 Å². The second-order valence-electron chi connectivity index (χ2n) is 4.79. The minimum absolute atomic E-state index is 0.739. The molecule has 2 nitrogen and oxygen atoms in total. The summed E-state index contributed by atoms with van der Waals surface area (Å²) >= 11 is 0. The van der Waals surface area contributed by atoms with E-state index in [1.54, 1.807) is 20.5 Å². The van der Waals surface area contributed by atoms with Gasteiger partial charge >= 0.3 is 0 Å². The smallest absolute Gasteiger partial charge is 0.118 e. The predicted molar refractivity (Wildman–Crippen MR) is 89.9 cm³/mol. The van der Waals surface area contributed by atoms with Crippen molar-refractivity contribution in [1.82, 2.24) is 0 Å². The van der Waals surface area contributed by atoms with Gasteiger partial charge in [0.05, 0.1) is 20.5 Å². The Balaban J connectivity index is 2.05. The zero-order valence-electron chi connectivity index (χ0n) is 13.0. The molecular formula is C20H20O2. The van der Waals surface area contributed by atoms with Crippen molar-refractivity contribution in [2.24, 2.45) is 0 Å².